The molecule has 6 nitrogen and oxygen atoms in total. The van der Waals surface area contributed by atoms with Gasteiger partial charge in [-0.3, -0.25) is 0 Å². The van der Waals surface area contributed by atoms with Crippen molar-refractivity contribution in [3.8, 4) is 5.75 Å². The summed E-state index contributed by atoms with van der Waals surface area (Å²) in [6, 6.07) is 17.7. The van der Waals surface area contributed by atoms with Crippen molar-refractivity contribution in [2.75, 3.05) is 25.5 Å². The Kier molecular flexibility index (Phi) is 15.1. The summed E-state index contributed by atoms with van der Waals surface area (Å²) >= 11 is 0. The number of amides is 2. The Hall–Kier alpha value is -2.86. The van der Waals surface area contributed by atoms with Gasteiger partial charge in [0, 0.05) is 24.8 Å². The highest BCUT2D eigenvalue weighted by atomic mass is 16.3. The molecule has 1 saturated heterocycles. The van der Waals surface area contributed by atoms with E-state index in [1.807, 2.05) is 29.9 Å². The number of aromatic hydroxyl groups is 1. The molecular weight excluding hydrogens is 426 g/mol. The second-order valence-corrected chi connectivity index (χ2v) is 8.86. The summed E-state index contributed by atoms with van der Waals surface area (Å²) in [5.74, 6) is 0.848. The van der Waals surface area contributed by atoms with Crippen LogP contribution in [0.5, 0.6) is 5.75 Å². The molecule has 3 N–H and O–H groups in total. The van der Waals surface area contributed by atoms with Crippen LogP contribution >= 0.6 is 0 Å². The van der Waals surface area contributed by atoms with Crippen molar-refractivity contribution in [3.05, 3.63) is 60.2 Å². The Morgan fingerprint density at radius 3 is 1.88 bits per heavy atom. The Balaban J connectivity index is 0.000000282. The summed E-state index contributed by atoms with van der Waals surface area (Å²) < 4.78 is 0. The average Bonchev–Trinajstić information content (AvgIpc) is 3.43. The van der Waals surface area contributed by atoms with Crippen LogP contribution in [-0.4, -0.2) is 49.0 Å². The molecule has 188 valence electrons. The third-order valence-corrected chi connectivity index (χ3v) is 5.99. The lowest BCUT2D eigenvalue weighted by atomic mass is 9.96. The molecule has 2 aliphatic rings. The zero-order chi connectivity index (χ0) is 25.2. The first-order chi connectivity index (χ1) is 16.5. The van der Waals surface area contributed by atoms with Crippen LogP contribution in [0.15, 0.2) is 54.6 Å². The lowest BCUT2D eigenvalue weighted by Crippen LogP contribution is -2.32. The number of benzene rings is 2. The number of likely N-dealkylation sites (tertiary alicyclic amines) is 1. The predicted molar refractivity (Wildman–Crippen MR) is 142 cm³/mol. The number of nitrogens with zero attached hydrogens (tertiary/aromatic N) is 1. The fourth-order valence-electron chi connectivity index (χ4n) is 3.89. The molecule has 4 rings (SSSR count). The number of nitrogens with one attached hydrogen (secondary N) is 2. The molecule has 2 aromatic carbocycles. The number of para-hydroxylation sites is 1. The molecule has 0 radical (unpaired) electrons. The monoisotopic (exact) mass is 469 g/mol. The standard InChI is InChI=1S/C14H20N2O.C7H15N.C6H6O.CH2O/c1-11(2)12-5-7-13(8-6-12)15-14(17)16-9-3-4-10-16;1-8-7-5-3-2-4-6-7;7-6-4-2-1-3-5-6;1-2/h5-8,11H,3-4,9-10H2,1-2H3,(H,15,17);7-8H,2-6H2,1H3;1-5,7H;1H2. The zero-order valence-electron chi connectivity index (χ0n) is 21.1. The molecule has 1 saturated carbocycles. The highest BCUT2D eigenvalue weighted by Gasteiger charge is 2.17. The van der Waals surface area contributed by atoms with Crippen molar-refractivity contribution in [2.24, 2.45) is 0 Å². The molecule has 1 aliphatic carbocycles. The highest BCUT2D eigenvalue weighted by molar-refractivity contribution is 5.89. The number of urea groups is 1. The number of carbonyl (C=O) groups is 2. The minimum atomic E-state index is 0.0276. The number of anilines is 1. The van der Waals surface area contributed by atoms with E-state index in [-0.39, 0.29) is 6.03 Å². The van der Waals surface area contributed by atoms with Crippen molar-refractivity contribution >= 4 is 18.5 Å². The number of rotatable bonds is 3. The van der Waals surface area contributed by atoms with Gasteiger partial charge < -0.3 is 25.4 Å². The summed E-state index contributed by atoms with van der Waals surface area (Å²) in [4.78, 5) is 21.7. The number of carbonyl (C=O) groups excluding carboxylic acids is 2. The molecule has 2 amide bonds. The maximum atomic E-state index is 11.8. The van der Waals surface area contributed by atoms with Crippen molar-refractivity contribution in [2.45, 2.75) is 70.8 Å². The Morgan fingerprint density at radius 1 is 0.912 bits per heavy atom. The third kappa shape index (κ3) is 11.8. The summed E-state index contributed by atoms with van der Waals surface area (Å²) in [6.07, 6.45) is 9.38. The summed E-state index contributed by atoms with van der Waals surface area (Å²) in [7, 11) is 2.07. The predicted octanol–water partition coefficient (Wildman–Crippen LogP) is 6.18. The molecule has 0 aromatic heterocycles. The molecule has 2 fully saturated rings. The molecule has 0 atom stereocenters. The van der Waals surface area contributed by atoms with Gasteiger partial charge in [0.2, 0.25) is 0 Å². The normalized spacial score (nSPS) is 15.1. The van der Waals surface area contributed by atoms with E-state index in [0.29, 0.717) is 11.7 Å². The third-order valence-electron chi connectivity index (χ3n) is 5.99. The lowest BCUT2D eigenvalue weighted by molar-refractivity contribution is -0.0980. The van der Waals surface area contributed by atoms with E-state index in [4.69, 9.17) is 9.90 Å². The minimum absolute atomic E-state index is 0.0276. The average molecular weight is 470 g/mol. The van der Waals surface area contributed by atoms with Gasteiger partial charge in [0.1, 0.15) is 12.5 Å². The SMILES string of the molecule is C=O.CC(C)c1ccc(NC(=O)N2CCCC2)cc1.CNC1CCCCC1.Oc1ccccc1. The van der Waals surface area contributed by atoms with Crippen molar-refractivity contribution in [1.29, 1.82) is 0 Å². The number of phenolic OH excluding ortho intramolecular Hbond substituents is 1. The second kappa shape index (κ2) is 17.6. The topological polar surface area (TPSA) is 81.7 Å². The van der Waals surface area contributed by atoms with Crippen molar-refractivity contribution in [1.82, 2.24) is 10.2 Å². The van der Waals surface area contributed by atoms with Crippen LogP contribution in [0.2, 0.25) is 0 Å². The van der Waals surface area contributed by atoms with E-state index >= 15 is 0 Å². The first-order valence-corrected chi connectivity index (χ1v) is 12.4. The van der Waals surface area contributed by atoms with Gasteiger partial charge in [-0.15, -0.1) is 0 Å². The van der Waals surface area contributed by atoms with Gasteiger partial charge in [0.25, 0.3) is 0 Å². The van der Waals surface area contributed by atoms with E-state index in [1.165, 1.54) is 37.7 Å². The van der Waals surface area contributed by atoms with Crippen molar-refractivity contribution in [3.63, 3.8) is 0 Å². The molecule has 1 aliphatic heterocycles. The van der Waals surface area contributed by atoms with Gasteiger partial charge in [-0.1, -0.05) is 63.4 Å². The van der Waals surface area contributed by atoms with E-state index in [1.54, 1.807) is 24.3 Å². The van der Waals surface area contributed by atoms with Crippen LogP contribution in [0.4, 0.5) is 10.5 Å². The summed E-state index contributed by atoms with van der Waals surface area (Å²) in [6.45, 7) is 8.10. The second-order valence-electron chi connectivity index (χ2n) is 8.86. The fraction of sp³-hybridized carbons (Fsp3) is 0.500. The molecule has 2 aromatic rings. The Labute approximate surface area is 205 Å². The van der Waals surface area contributed by atoms with E-state index < -0.39 is 0 Å². The molecule has 0 unspecified atom stereocenters. The lowest BCUT2D eigenvalue weighted by Gasteiger charge is -2.20. The minimum Gasteiger partial charge on any atom is -0.508 e. The van der Waals surface area contributed by atoms with E-state index in [0.717, 1.165) is 37.7 Å². The number of hydrogen-bond donors (Lipinski definition) is 3. The van der Waals surface area contributed by atoms with Crippen LogP contribution in [0.25, 0.3) is 0 Å². The molecule has 0 spiro atoms. The molecule has 1 heterocycles. The van der Waals surface area contributed by atoms with Crippen LogP contribution in [-0.2, 0) is 4.79 Å². The van der Waals surface area contributed by atoms with E-state index in [9.17, 15) is 4.79 Å². The van der Waals surface area contributed by atoms with Gasteiger partial charge >= 0.3 is 6.03 Å². The molecule has 6 heteroatoms. The Morgan fingerprint density at radius 2 is 1.47 bits per heavy atom. The first-order valence-electron chi connectivity index (χ1n) is 12.4. The largest absolute Gasteiger partial charge is 0.508 e. The van der Waals surface area contributed by atoms with Crippen LogP contribution in [0.3, 0.4) is 0 Å². The molecule has 0 bridgehead atoms. The van der Waals surface area contributed by atoms with Crippen LogP contribution < -0.4 is 10.6 Å². The number of hydrogen-bond acceptors (Lipinski definition) is 4. The number of phenols is 1. The highest BCUT2D eigenvalue weighted by Crippen LogP contribution is 2.18. The van der Waals surface area contributed by atoms with E-state index in [2.05, 4.69) is 43.7 Å². The summed E-state index contributed by atoms with van der Waals surface area (Å²) in [5, 5.41) is 14.9. The first kappa shape index (κ1) is 29.2. The van der Waals surface area contributed by atoms with Crippen LogP contribution in [0, 0.1) is 0 Å². The summed E-state index contributed by atoms with van der Waals surface area (Å²) in [5.41, 5.74) is 2.18. The quantitative estimate of drug-likeness (QED) is 0.501. The van der Waals surface area contributed by atoms with Gasteiger partial charge in [-0.2, -0.15) is 0 Å². The van der Waals surface area contributed by atoms with Crippen molar-refractivity contribution < 1.29 is 14.7 Å². The van der Waals surface area contributed by atoms with Gasteiger partial charge in [-0.05, 0) is 68.5 Å². The molecule has 34 heavy (non-hydrogen) atoms. The smallest absolute Gasteiger partial charge is 0.321 e. The van der Waals surface area contributed by atoms with Gasteiger partial charge in [0.15, 0.2) is 0 Å². The fourth-order valence-corrected chi connectivity index (χ4v) is 3.89. The zero-order valence-corrected chi connectivity index (χ0v) is 21.1. The molecular formula is C28H43N3O3. The van der Waals surface area contributed by atoms with Gasteiger partial charge in [-0.25, -0.2) is 4.79 Å². The van der Waals surface area contributed by atoms with Crippen LogP contribution in [0.1, 0.15) is 70.3 Å². The maximum Gasteiger partial charge on any atom is 0.321 e. The van der Waals surface area contributed by atoms with Gasteiger partial charge in [0.05, 0.1) is 0 Å². The maximum absolute atomic E-state index is 11.8. The Bertz CT molecular complexity index is 769.